The van der Waals surface area contributed by atoms with Gasteiger partial charge >= 0.3 is 0 Å². The van der Waals surface area contributed by atoms with E-state index in [1.54, 1.807) is 12.1 Å². The molecule has 0 N–H and O–H groups in total. The Morgan fingerprint density at radius 1 is 1.10 bits per heavy atom. The first-order valence-electron chi connectivity index (χ1n) is 10.4. The topological polar surface area (TPSA) is 77.7 Å². The van der Waals surface area contributed by atoms with Crippen molar-refractivity contribution in [3.05, 3.63) is 59.7 Å². The van der Waals surface area contributed by atoms with Crippen molar-refractivity contribution in [2.45, 2.75) is 31.7 Å². The number of likely N-dealkylation sites (tertiary alicyclic amines) is 1. The molecule has 7 nitrogen and oxygen atoms in total. The first-order valence-corrected chi connectivity index (χ1v) is 10.4. The highest BCUT2D eigenvalue weighted by Crippen LogP contribution is 2.38. The van der Waals surface area contributed by atoms with Gasteiger partial charge in [-0.1, -0.05) is 11.2 Å². The number of carbonyl (C=O) groups excluding carboxylic acids is 1. The van der Waals surface area contributed by atoms with Gasteiger partial charge in [0.15, 0.2) is 11.5 Å². The van der Waals surface area contributed by atoms with Crippen molar-refractivity contribution in [2.75, 3.05) is 19.8 Å². The molecule has 2 aromatic carbocycles. The van der Waals surface area contributed by atoms with Crippen LogP contribution in [-0.2, 0) is 11.2 Å². The smallest absolute Gasteiger partial charge is 0.227 e. The van der Waals surface area contributed by atoms with Crippen LogP contribution < -0.4 is 9.47 Å². The Bertz CT molecular complexity index is 1080. The first-order chi connectivity index (χ1) is 15.2. The van der Waals surface area contributed by atoms with Crippen LogP contribution in [0.4, 0.5) is 4.39 Å². The molecule has 5 rings (SSSR count). The minimum Gasteiger partial charge on any atom is -0.486 e. The van der Waals surface area contributed by atoms with E-state index in [0.717, 1.165) is 36.4 Å². The SMILES string of the molecule is O=C(CCc1nc(-c2ccc(F)cc2)no1)N1CCC[C@H]1c1ccc2c(c1)OCCO2. The van der Waals surface area contributed by atoms with Crippen LogP contribution in [0.15, 0.2) is 47.0 Å². The van der Waals surface area contributed by atoms with E-state index >= 15 is 0 Å². The number of amides is 1. The molecule has 1 amide bonds. The molecule has 160 valence electrons. The Morgan fingerprint density at radius 3 is 2.74 bits per heavy atom. The number of benzene rings is 2. The number of fused-ring (bicyclic) bond motifs is 1. The van der Waals surface area contributed by atoms with E-state index in [-0.39, 0.29) is 24.2 Å². The first kappa shape index (κ1) is 19.5. The van der Waals surface area contributed by atoms with Crippen molar-refractivity contribution in [3.8, 4) is 22.9 Å². The molecule has 31 heavy (non-hydrogen) atoms. The molecule has 3 heterocycles. The van der Waals surface area contributed by atoms with Gasteiger partial charge in [0.05, 0.1) is 6.04 Å². The predicted molar refractivity (Wildman–Crippen MR) is 109 cm³/mol. The second-order valence-electron chi connectivity index (χ2n) is 7.67. The normalized spacial score (nSPS) is 17.7. The molecular formula is C23H22FN3O4. The number of halogens is 1. The number of aryl methyl sites for hydroxylation is 1. The summed E-state index contributed by atoms with van der Waals surface area (Å²) in [6, 6.07) is 11.8. The number of carbonyl (C=O) groups is 1. The zero-order chi connectivity index (χ0) is 21.2. The van der Waals surface area contributed by atoms with Crippen molar-refractivity contribution < 1.29 is 23.2 Å². The molecule has 1 saturated heterocycles. The highest BCUT2D eigenvalue weighted by molar-refractivity contribution is 5.77. The van der Waals surface area contributed by atoms with Gasteiger partial charge in [-0.3, -0.25) is 4.79 Å². The van der Waals surface area contributed by atoms with Crippen molar-refractivity contribution in [1.29, 1.82) is 0 Å². The third-order valence-electron chi connectivity index (χ3n) is 5.65. The van der Waals surface area contributed by atoms with Crippen molar-refractivity contribution in [3.63, 3.8) is 0 Å². The molecule has 2 aliphatic rings. The van der Waals surface area contributed by atoms with Gasteiger partial charge in [-0.25, -0.2) is 4.39 Å². The minimum atomic E-state index is -0.323. The minimum absolute atomic E-state index is 0.0285. The lowest BCUT2D eigenvalue weighted by Crippen LogP contribution is -2.30. The maximum absolute atomic E-state index is 13.1. The fraction of sp³-hybridized carbons (Fsp3) is 0.348. The average molecular weight is 423 g/mol. The number of aromatic nitrogens is 2. The van der Waals surface area contributed by atoms with Gasteiger partial charge in [0.1, 0.15) is 19.0 Å². The number of hydrogen-bond acceptors (Lipinski definition) is 6. The Kier molecular flexibility index (Phi) is 5.28. The quantitative estimate of drug-likeness (QED) is 0.619. The average Bonchev–Trinajstić information content (AvgIpc) is 3.48. The fourth-order valence-electron chi connectivity index (χ4n) is 4.11. The van der Waals surface area contributed by atoms with Crippen LogP contribution in [0.25, 0.3) is 11.4 Å². The molecule has 0 unspecified atom stereocenters. The van der Waals surface area contributed by atoms with E-state index in [9.17, 15) is 9.18 Å². The summed E-state index contributed by atoms with van der Waals surface area (Å²) >= 11 is 0. The van der Waals surface area contributed by atoms with Gasteiger partial charge in [-0.15, -0.1) is 0 Å². The monoisotopic (exact) mass is 423 g/mol. The lowest BCUT2D eigenvalue weighted by molar-refractivity contribution is -0.132. The van der Waals surface area contributed by atoms with Crippen LogP contribution in [0.2, 0.25) is 0 Å². The van der Waals surface area contributed by atoms with Gasteiger partial charge in [-0.05, 0) is 54.8 Å². The summed E-state index contributed by atoms with van der Waals surface area (Å²) < 4.78 is 29.7. The Labute approximate surface area is 178 Å². The second kappa shape index (κ2) is 8.37. The van der Waals surface area contributed by atoms with Crippen molar-refractivity contribution in [2.24, 2.45) is 0 Å². The maximum Gasteiger partial charge on any atom is 0.227 e. The van der Waals surface area contributed by atoms with Gasteiger partial charge in [0.25, 0.3) is 0 Å². The zero-order valence-corrected chi connectivity index (χ0v) is 16.9. The molecule has 0 bridgehead atoms. The van der Waals surface area contributed by atoms with E-state index < -0.39 is 0 Å². The van der Waals surface area contributed by atoms with Crippen LogP contribution in [0.1, 0.15) is 36.8 Å². The second-order valence-corrected chi connectivity index (χ2v) is 7.67. The van der Waals surface area contributed by atoms with E-state index in [0.29, 0.717) is 36.9 Å². The highest BCUT2D eigenvalue weighted by atomic mass is 19.1. The van der Waals surface area contributed by atoms with E-state index in [1.807, 2.05) is 23.1 Å². The van der Waals surface area contributed by atoms with Crippen LogP contribution in [0.5, 0.6) is 11.5 Å². The van der Waals surface area contributed by atoms with Crippen LogP contribution in [-0.4, -0.2) is 40.7 Å². The van der Waals surface area contributed by atoms with E-state index in [1.165, 1.54) is 12.1 Å². The maximum atomic E-state index is 13.1. The third kappa shape index (κ3) is 4.10. The zero-order valence-electron chi connectivity index (χ0n) is 16.9. The van der Waals surface area contributed by atoms with Crippen LogP contribution in [0, 0.1) is 5.82 Å². The summed E-state index contributed by atoms with van der Waals surface area (Å²) in [6.07, 6.45) is 2.52. The van der Waals surface area contributed by atoms with E-state index in [4.69, 9.17) is 14.0 Å². The summed E-state index contributed by atoms with van der Waals surface area (Å²) in [7, 11) is 0. The summed E-state index contributed by atoms with van der Waals surface area (Å²) in [4.78, 5) is 19.2. The molecule has 0 saturated carbocycles. The van der Waals surface area contributed by atoms with Crippen LogP contribution >= 0.6 is 0 Å². The Balaban J connectivity index is 1.23. The number of hydrogen-bond donors (Lipinski definition) is 0. The lowest BCUT2D eigenvalue weighted by atomic mass is 10.0. The molecule has 1 fully saturated rings. The largest absolute Gasteiger partial charge is 0.486 e. The number of nitrogens with zero attached hydrogens (tertiary/aromatic N) is 3. The highest BCUT2D eigenvalue weighted by Gasteiger charge is 2.31. The molecule has 0 spiro atoms. The predicted octanol–water partition coefficient (Wildman–Crippen LogP) is 3.94. The number of ether oxygens (including phenoxy) is 2. The molecular weight excluding hydrogens is 401 g/mol. The van der Waals surface area contributed by atoms with Crippen molar-refractivity contribution in [1.82, 2.24) is 15.0 Å². The van der Waals surface area contributed by atoms with Gasteiger partial charge in [-0.2, -0.15) is 4.98 Å². The molecule has 3 aromatic rings. The molecule has 0 aliphatic carbocycles. The molecule has 1 atom stereocenters. The van der Waals surface area contributed by atoms with Crippen LogP contribution in [0.3, 0.4) is 0 Å². The fourth-order valence-corrected chi connectivity index (χ4v) is 4.11. The third-order valence-corrected chi connectivity index (χ3v) is 5.65. The summed E-state index contributed by atoms with van der Waals surface area (Å²) in [5.74, 6) is 2.00. The molecule has 0 radical (unpaired) electrons. The summed E-state index contributed by atoms with van der Waals surface area (Å²) in [5, 5.41) is 3.94. The molecule has 8 heteroatoms. The number of rotatable bonds is 5. The summed E-state index contributed by atoms with van der Waals surface area (Å²) in [5.41, 5.74) is 1.73. The Hall–Kier alpha value is -3.42. The van der Waals surface area contributed by atoms with E-state index in [2.05, 4.69) is 10.1 Å². The lowest BCUT2D eigenvalue weighted by Gasteiger charge is -2.26. The standard InChI is InChI=1S/C23H22FN3O4/c24-17-6-3-15(4-7-17)23-25-21(31-26-23)9-10-22(28)27-11-1-2-18(27)16-5-8-19-20(14-16)30-13-12-29-19/h3-8,14,18H,1-2,9-13H2/t18-/m0/s1. The Morgan fingerprint density at radius 2 is 1.90 bits per heavy atom. The van der Waals surface area contributed by atoms with Crippen molar-refractivity contribution >= 4 is 5.91 Å². The van der Waals surface area contributed by atoms with Gasteiger partial charge in [0, 0.05) is 24.9 Å². The van der Waals surface area contributed by atoms with Gasteiger partial charge < -0.3 is 18.9 Å². The molecule has 1 aromatic heterocycles. The summed E-state index contributed by atoms with van der Waals surface area (Å²) in [6.45, 7) is 1.81. The van der Waals surface area contributed by atoms with Gasteiger partial charge in [0.2, 0.25) is 17.6 Å². The molecule has 2 aliphatic heterocycles.